The molecule has 21 heavy (non-hydrogen) atoms. The second-order valence-corrected chi connectivity index (χ2v) is 4.94. The number of halogens is 3. The van der Waals surface area contributed by atoms with Crippen molar-refractivity contribution in [1.29, 1.82) is 0 Å². The molecule has 116 valence electrons. The molecule has 0 unspecified atom stereocenters. The number of carbonyl (C=O) groups excluding carboxylic acids is 1. The molecule has 0 saturated carbocycles. The van der Waals surface area contributed by atoms with Crippen LogP contribution in [0, 0.1) is 0 Å². The first-order valence-electron chi connectivity index (χ1n) is 6.60. The van der Waals surface area contributed by atoms with Crippen LogP contribution in [0.3, 0.4) is 0 Å². The summed E-state index contributed by atoms with van der Waals surface area (Å²) in [4.78, 5) is 11.9. The highest BCUT2D eigenvalue weighted by atomic mass is 19.4. The second kappa shape index (κ2) is 6.44. The summed E-state index contributed by atoms with van der Waals surface area (Å²) in [6, 6.07) is 4.89. The number of ether oxygens (including phenoxy) is 1. The van der Waals surface area contributed by atoms with Gasteiger partial charge in [-0.05, 0) is 11.6 Å². The molecule has 1 aromatic rings. The van der Waals surface area contributed by atoms with Gasteiger partial charge in [0.05, 0.1) is 24.1 Å². The number of amides is 1. The quantitative estimate of drug-likeness (QED) is 0.883. The largest absolute Gasteiger partial charge is 0.416 e. The van der Waals surface area contributed by atoms with E-state index in [1.165, 1.54) is 25.3 Å². The van der Waals surface area contributed by atoms with Gasteiger partial charge >= 0.3 is 6.18 Å². The standard InChI is InChI=1S/C14H17F3N2O2/c1-21-12-8-18-7-11(12)19-13(20)6-9-4-2-3-5-10(9)14(15,16)17/h2-5,11-12,18H,6-8H2,1H3,(H,19,20)/t11-,12-/m0/s1. The minimum Gasteiger partial charge on any atom is -0.378 e. The molecule has 0 bridgehead atoms. The first-order valence-corrected chi connectivity index (χ1v) is 6.60. The van der Waals surface area contributed by atoms with Gasteiger partial charge in [-0.1, -0.05) is 18.2 Å². The third-order valence-corrected chi connectivity index (χ3v) is 3.48. The number of alkyl halides is 3. The van der Waals surface area contributed by atoms with Gasteiger partial charge in [0.15, 0.2) is 0 Å². The van der Waals surface area contributed by atoms with Crippen LogP contribution in [0.2, 0.25) is 0 Å². The van der Waals surface area contributed by atoms with Crippen molar-refractivity contribution in [3.63, 3.8) is 0 Å². The highest BCUT2D eigenvalue weighted by Crippen LogP contribution is 2.32. The molecule has 0 spiro atoms. The number of rotatable bonds is 4. The van der Waals surface area contributed by atoms with Gasteiger partial charge in [0, 0.05) is 20.2 Å². The molecule has 1 amide bonds. The van der Waals surface area contributed by atoms with Crippen LogP contribution in [0.1, 0.15) is 11.1 Å². The Kier molecular flexibility index (Phi) is 4.84. The van der Waals surface area contributed by atoms with Crippen molar-refractivity contribution in [3.8, 4) is 0 Å². The first-order chi connectivity index (χ1) is 9.91. The number of carbonyl (C=O) groups is 1. The fraction of sp³-hybridized carbons (Fsp3) is 0.500. The SMILES string of the molecule is CO[C@H]1CNC[C@@H]1NC(=O)Cc1ccccc1C(F)(F)F. The Hall–Kier alpha value is -1.60. The van der Waals surface area contributed by atoms with E-state index in [9.17, 15) is 18.0 Å². The monoisotopic (exact) mass is 302 g/mol. The van der Waals surface area contributed by atoms with Gasteiger partial charge < -0.3 is 15.4 Å². The van der Waals surface area contributed by atoms with Crippen molar-refractivity contribution in [2.75, 3.05) is 20.2 Å². The first kappa shape index (κ1) is 15.8. The van der Waals surface area contributed by atoms with Crippen LogP contribution in [-0.2, 0) is 22.1 Å². The zero-order valence-electron chi connectivity index (χ0n) is 11.5. The number of methoxy groups -OCH3 is 1. The molecular weight excluding hydrogens is 285 g/mol. The van der Waals surface area contributed by atoms with Crippen molar-refractivity contribution >= 4 is 5.91 Å². The average Bonchev–Trinajstić information content (AvgIpc) is 2.85. The van der Waals surface area contributed by atoms with Gasteiger partial charge in [0.1, 0.15) is 0 Å². The van der Waals surface area contributed by atoms with E-state index in [1.54, 1.807) is 0 Å². The van der Waals surface area contributed by atoms with Crippen molar-refractivity contribution < 1.29 is 22.7 Å². The van der Waals surface area contributed by atoms with Gasteiger partial charge in [-0.3, -0.25) is 4.79 Å². The lowest BCUT2D eigenvalue weighted by molar-refractivity contribution is -0.138. The normalized spacial score (nSPS) is 22.3. The summed E-state index contributed by atoms with van der Waals surface area (Å²) in [5, 5.41) is 5.77. The Balaban J connectivity index is 2.03. The summed E-state index contributed by atoms with van der Waals surface area (Å²) in [5.41, 5.74) is -0.796. The van der Waals surface area contributed by atoms with Gasteiger partial charge in [0.25, 0.3) is 0 Å². The van der Waals surface area contributed by atoms with Gasteiger partial charge in [0.2, 0.25) is 5.91 Å². The van der Waals surface area contributed by atoms with E-state index in [0.29, 0.717) is 13.1 Å². The Morgan fingerprint density at radius 1 is 1.38 bits per heavy atom. The molecule has 2 N–H and O–H groups in total. The molecule has 0 radical (unpaired) electrons. The summed E-state index contributed by atoms with van der Waals surface area (Å²) >= 11 is 0. The lowest BCUT2D eigenvalue weighted by atomic mass is 10.0. The number of hydrogen-bond acceptors (Lipinski definition) is 3. The van der Waals surface area contributed by atoms with E-state index in [2.05, 4.69) is 10.6 Å². The Morgan fingerprint density at radius 2 is 2.10 bits per heavy atom. The number of benzene rings is 1. The molecule has 2 atom stereocenters. The lowest BCUT2D eigenvalue weighted by Crippen LogP contribution is -2.44. The van der Waals surface area contributed by atoms with Crippen LogP contribution in [0.5, 0.6) is 0 Å². The molecular formula is C14H17F3N2O2. The van der Waals surface area contributed by atoms with Gasteiger partial charge in [-0.2, -0.15) is 13.2 Å². The molecule has 0 aliphatic carbocycles. The van der Waals surface area contributed by atoms with E-state index in [1.807, 2.05) is 0 Å². The Morgan fingerprint density at radius 3 is 2.76 bits per heavy atom. The molecule has 1 aromatic carbocycles. The zero-order valence-corrected chi connectivity index (χ0v) is 11.5. The van der Waals surface area contributed by atoms with Crippen molar-refractivity contribution in [2.24, 2.45) is 0 Å². The van der Waals surface area contributed by atoms with E-state index >= 15 is 0 Å². The summed E-state index contributed by atoms with van der Waals surface area (Å²) in [7, 11) is 1.54. The molecule has 0 aromatic heterocycles. The molecule has 1 aliphatic heterocycles. The smallest absolute Gasteiger partial charge is 0.378 e. The average molecular weight is 302 g/mol. The van der Waals surface area contributed by atoms with Crippen molar-refractivity contribution in [1.82, 2.24) is 10.6 Å². The van der Waals surface area contributed by atoms with Crippen LogP contribution < -0.4 is 10.6 Å². The van der Waals surface area contributed by atoms with Crippen LogP contribution in [0.15, 0.2) is 24.3 Å². The van der Waals surface area contributed by atoms with Crippen LogP contribution in [0.25, 0.3) is 0 Å². The Bertz CT molecular complexity index is 505. The molecule has 1 fully saturated rings. The fourth-order valence-electron chi connectivity index (χ4n) is 2.43. The summed E-state index contributed by atoms with van der Waals surface area (Å²) in [5.74, 6) is -0.442. The number of nitrogens with one attached hydrogen (secondary N) is 2. The minimum atomic E-state index is -4.46. The lowest BCUT2D eigenvalue weighted by Gasteiger charge is -2.19. The minimum absolute atomic E-state index is 0.0255. The highest BCUT2D eigenvalue weighted by Gasteiger charge is 2.34. The van der Waals surface area contributed by atoms with Crippen LogP contribution >= 0.6 is 0 Å². The third-order valence-electron chi connectivity index (χ3n) is 3.48. The number of hydrogen-bond donors (Lipinski definition) is 2. The van der Waals surface area contributed by atoms with Gasteiger partial charge in [-0.15, -0.1) is 0 Å². The molecule has 2 rings (SSSR count). The van der Waals surface area contributed by atoms with E-state index < -0.39 is 17.6 Å². The molecule has 7 heteroatoms. The maximum atomic E-state index is 12.9. The van der Waals surface area contributed by atoms with E-state index in [-0.39, 0.29) is 24.1 Å². The van der Waals surface area contributed by atoms with E-state index in [4.69, 9.17) is 4.74 Å². The summed E-state index contributed by atoms with van der Waals surface area (Å²) in [6.07, 6.45) is -4.92. The summed E-state index contributed by atoms with van der Waals surface area (Å²) < 4.78 is 43.8. The summed E-state index contributed by atoms with van der Waals surface area (Å²) in [6.45, 7) is 1.16. The van der Waals surface area contributed by atoms with E-state index in [0.717, 1.165) is 6.07 Å². The van der Waals surface area contributed by atoms with Crippen molar-refractivity contribution in [3.05, 3.63) is 35.4 Å². The molecule has 1 heterocycles. The Labute approximate surface area is 120 Å². The third kappa shape index (κ3) is 3.95. The predicted octanol–water partition coefficient (Wildman–Crippen LogP) is 1.35. The van der Waals surface area contributed by atoms with Gasteiger partial charge in [-0.25, -0.2) is 0 Å². The molecule has 1 aliphatic rings. The maximum Gasteiger partial charge on any atom is 0.416 e. The molecule has 4 nitrogen and oxygen atoms in total. The predicted molar refractivity (Wildman–Crippen MR) is 70.7 cm³/mol. The fourth-order valence-corrected chi connectivity index (χ4v) is 2.43. The highest BCUT2D eigenvalue weighted by molar-refractivity contribution is 5.79. The molecule has 1 saturated heterocycles. The maximum absolute atomic E-state index is 12.9. The second-order valence-electron chi connectivity index (χ2n) is 4.94. The van der Waals surface area contributed by atoms with Crippen LogP contribution in [-0.4, -0.2) is 38.3 Å². The topological polar surface area (TPSA) is 50.4 Å². The van der Waals surface area contributed by atoms with Crippen LogP contribution in [0.4, 0.5) is 13.2 Å². The zero-order chi connectivity index (χ0) is 15.5. The van der Waals surface area contributed by atoms with Crippen molar-refractivity contribution in [2.45, 2.75) is 24.7 Å².